The van der Waals surface area contributed by atoms with Crippen LogP contribution in [0.3, 0.4) is 0 Å². The van der Waals surface area contributed by atoms with E-state index >= 15 is 0 Å². The van der Waals surface area contributed by atoms with Gasteiger partial charge in [-0.25, -0.2) is 9.18 Å². The van der Waals surface area contributed by atoms with E-state index in [0.717, 1.165) is 61.8 Å². The van der Waals surface area contributed by atoms with Gasteiger partial charge in [0, 0.05) is 35.9 Å². The summed E-state index contributed by atoms with van der Waals surface area (Å²) >= 11 is 5.97. The van der Waals surface area contributed by atoms with E-state index in [-0.39, 0.29) is 5.02 Å². The normalized spacial score (nSPS) is 16.2. The quantitative estimate of drug-likeness (QED) is 0.344. The molecule has 1 heterocycles. The summed E-state index contributed by atoms with van der Waals surface area (Å²) in [6.07, 6.45) is 5.25. The third-order valence-electron chi connectivity index (χ3n) is 7.13. The first-order valence-corrected chi connectivity index (χ1v) is 12.6. The van der Waals surface area contributed by atoms with Crippen molar-refractivity contribution in [2.45, 2.75) is 64.5 Å². The zero-order valence-electron chi connectivity index (χ0n) is 20.3. The summed E-state index contributed by atoms with van der Waals surface area (Å²) < 4.78 is 22.0. The second kappa shape index (κ2) is 10.9. The van der Waals surface area contributed by atoms with E-state index in [1.807, 2.05) is 35.0 Å². The molecule has 2 aromatic carbocycles. The lowest BCUT2D eigenvalue weighted by Gasteiger charge is -2.41. The van der Waals surface area contributed by atoms with E-state index in [9.17, 15) is 14.3 Å². The number of aromatic nitrogens is 2. The molecule has 0 saturated heterocycles. The molecular formula is C28H32ClFN2O3. The van der Waals surface area contributed by atoms with Gasteiger partial charge in [-0.1, -0.05) is 80.6 Å². The summed E-state index contributed by atoms with van der Waals surface area (Å²) in [6.45, 7) is 2.54. The van der Waals surface area contributed by atoms with Crippen molar-refractivity contribution in [2.75, 3.05) is 7.11 Å². The average Bonchev–Trinajstić information content (AvgIpc) is 3.20. The molecule has 0 aliphatic heterocycles. The molecule has 1 fully saturated rings. The number of hydrogen-bond acceptors (Lipinski definition) is 3. The van der Waals surface area contributed by atoms with Crippen molar-refractivity contribution in [1.82, 2.24) is 9.78 Å². The van der Waals surface area contributed by atoms with Crippen molar-refractivity contribution >= 4 is 17.6 Å². The first-order valence-electron chi connectivity index (χ1n) is 12.3. The van der Waals surface area contributed by atoms with E-state index < -0.39 is 23.3 Å². The summed E-state index contributed by atoms with van der Waals surface area (Å²) in [5.41, 5.74) is 3.71. The molecule has 1 saturated carbocycles. The number of nitrogens with zero attached hydrogens (tertiary/aromatic N) is 2. The first-order chi connectivity index (χ1) is 16.9. The number of methoxy groups -OCH3 is 1. The Balaban J connectivity index is 1.92. The minimum absolute atomic E-state index is 0.0637. The van der Waals surface area contributed by atoms with Crippen LogP contribution in [0.5, 0.6) is 0 Å². The molecule has 35 heavy (non-hydrogen) atoms. The number of carbonyl (C=O) groups is 1. The molecule has 1 aliphatic carbocycles. The lowest BCUT2D eigenvalue weighted by Crippen LogP contribution is -2.46. The summed E-state index contributed by atoms with van der Waals surface area (Å²) in [5, 5.41) is 15.1. The second-order valence-electron chi connectivity index (χ2n) is 9.45. The molecule has 1 unspecified atom stereocenters. The zero-order valence-corrected chi connectivity index (χ0v) is 21.0. The summed E-state index contributed by atoms with van der Waals surface area (Å²) in [5.74, 6) is -1.44. The van der Waals surface area contributed by atoms with Gasteiger partial charge in [0.25, 0.3) is 0 Å². The Bertz CT molecular complexity index is 1170. The molecule has 5 nitrogen and oxygen atoms in total. The highest BCUT2D eigenvalue weighted by Crippen LogP contribution is 2.44. The smallest absolute Gasteiger partial charge is 0.333 e. The Kier molecular flexibility index (Phi) is 7.92. The number of halogens is 2. The molecule has 7 heteroatoms. The maximum absolute atomic E-state index is 14.5. The molecule has 1 atom stereocenters. The van der Waals surface area contributed by atoms with Gasteiger partial charge in [-0.15, -0.1) is 0 Å². The van der Waals surface area contributed by atoms with Crippen LogP contribution in [0.4, 0.5) is 4.39 Å². The fourth-order valence-electron chi connectivity index (χ4n) is 5.54. The number of ether oxygens (including phenoxy) is 1. The van der Waals surface area contributed by atoms with Crippen molar-refractivity contribution in [2.24, 2.45) is 5.41 Å². The van der Waals surface area contributed by atoms with Crippen molar-refractivity contribution in [3.05, 3.63) is 65.1 Å². The molecule has 3 aromatic rings. The molecule has 186 valence electrons. The van der Waals surface area contributed by atoms with Gasteiger partial charge in [0.15, 0.2) is 6.10 Å². The monoisotopic (exact) mass is 498 g/mol. The third-order valence-corrected chi connectivity index (χ3v) is 7.44. The van der Waals surface area contributed by atoms with Crippen molar-refractivity contribution in [3.63, 3.8) is 0 Å². The van der Waals surface area contributed by atoms with Crippen LogP contribution in [0.2, 0.25) is 5.02 Å². The van der Waals surface area contributed by atoms with Gasteiger partial charge in [-0.05, 0) is 37.0 Å². The van der Waals surface area contributed by atoms with Gasteiger partial charge in [0.05, 0.1) is 5.02 Å². The second-order valence-corrected chi connectivity index (χ2v) is 9.86. The molecule has 0 amide bonds. The molecule has 0 spiro atoms. The molecule has 1 aliphatic rings. The van der Waals surface area contributed by atoms with E-state index in [4.69, 9.17) is 21.4 Å². The van der Waals surface area contributed by atoms with Gasteiger partial charge in [0.2, 0.25) is 0 Å². The summed E-state index contributed by atoms with van der Waals surface area (Å²) in [6, 6.07) is 14.7. The average molecular weight is 499 g/mol. The SMILES string of the molecule is CCCc1c(-c2ccccc2)c(-c2ccc(Cl)c(F)c2)nn1CC1(C(OC)C(=O)O)CCCCC1. The van der Waals surface area contributed by atoms with Crippen LogP contribution in [0.25, 0.3) is 22.4 Å². The predicted molar refractivity (Wildman–Crippen MR) is 136 cm³/mol. The van der Waals surface area contributed by atoms with Gasteiger partial charge in [-0.2, -0.15) is 5.10 Å². The standard InChI is InChI=1S/C28H32ClFN2O3/c1-3-10-23-24(19-11-6-4-7-12-19)25(20-13-14-21(29)22(30)17-20)31-32(23)18-28(15-8-5-9-16-28)26(35-2)27(33)34/h4,6-7,11-14,17,26H,3,5,8-10,15-16,18H2,1-2H3,(H,33,34). The molecule has 1 N–H and O–H groups in total. The van der Waals surface area contributed by atoms with Crippen molar-refractivity contribution in [1.29, 1.82) is 0 Å². The fourth-order valence-corrected chi connectivity index (χ4v) is 5.66. The molecular weight excluding hydrogens is 467 g/mol. The Hall–Kier alpha value is -2.70. The molecule has 1 aromatic heterocycles. The molecule has 4 rings (SSSR count). The maximum atomic E-state index is 14.5. The van der Waals surface area contributed by atoms with Crippen LogP contribution in [0.1, 0.15) is 51.1 Å². The molecule has 0 radical (unpaired) electrons. The number of benzene rings is 2. The Morgan fingerprint density at radius 2 is 1.89 bits per heavy atom. The summed E-state index contributed by atoms with van der Waals surface area (Å²) in [4.78, 5) is 12.2. The van der Waals surface area contributed by atoms with Crippen LogP contribution in [0.15, 0.2) is 48.5 Å². The van der Waals surface area contributed by atoms with Crippen LogP contribution >= 0.6 is 11.6 Å². The highest BCUT2D eigenvalue weighted by Gasteiger charge is 2.45. The summed E-state index contributed by atoms with van der Waals surface area (Å²) in [7, 11) is 1.47. The molecule has 0 bridgehead atoms. The maximum Gasteiger partial charge on any atom is 0.333 e. The van der Waals surface area contributed by atoms with Crippen LogP contribution in [-0.4, -0.2) is 34.1 Å². The van der Waals surface area contributed by atoms with Gasteiger partial charge >= 0.3 is 5.97 Å². The first kappa shape index (κ1) is 25.4. The fraction of sp³-hybridized carbons (Fsp3) is 0.429. The topological polar surface area (TPSA) is 64.4 Å². The number of carboxylic acid groups (broad SMARTS) is 1. The lowest BCUT2D eigenvalue weighted by atomic mass is 9.70. The van der Waals surface area contributed by atoms with Crippen molar-refractivity contribution < 1.29 is 19.0 Å². The highest BCUT2D eigenvalue weighted by molar-refractivity contribution is 6.30. The van der Waals surface area contributed by atoms with Crippen LogP contribution in [-0.2, 0) is 22.5 Å². The third kappa shape index (κ3) is 5.14. The number of rotatable bonds is 9. The highest BCUT2D eigenvalue weighted by atomic mass is 35.5. The zero-order chi connectivity index (χ0) is 25.0. The van der Waals surface area contributed by atoms with E-state index in [2.05, 4.69) is 6.92 Å². The minimum atomic E-state index is -0.943. The predicted octanol–water partition coefficient (Wildman–Crippen LogP) is 7.01. The van der Waals surface area contributed by atoms with E-state index in [1.54, 1.807) is 12.1 Å². The van der Waals surface area contributed by atoms with Gasteiger partial charge in [0.1, 0.15) is 11.5 Å². The van der Waals surface area contributed by atoms with Crippen molar-refractivity contribution in [3.8, 4) is 22.4 Å². The Labute approximate surface area is 210 Å². The Morgan fingerprint density at radius 1 is 1.17 bits per heavy atom. The lowest BCUT2D eigenvalue weighted by molar-refractivity contribution is -0.161. The van der Waals surface area contributed by atoms with Crippen LogP contribution in [0, 0.1) is 11.2 Å². The minimum Gasteiger partial charge on any atom is -0.479 e. The van der Waals surface area contributed by atoms with Crippen LogP contribution < -0.4 is 0 Å². The number of carboxylic acids is 1. The Morgan fingerprint density at radius 3 is 2.49 bits per heavy atom. The van der Waals surface area contributed by atoms with Gasteiger partial charge < -0.3 is 9.84 Å². The van der Waals surface area contributed by atoms with E-state index in [0.29, 0.717) is 17.8 Å². The number of hydrogen-bond donors (Lipinski definition) is 1. The largest absolute Gasteiger partial charge is 0.479 e. The number of aliphatic carboxylic acids is 1. The van der Waals surface area contributed by atoms with Gasteiger partial charge in [-0.3, -0.25) is 4.68 Å². The van der Waals surface area contributed by atoms with E-state index in [1.165, 1.54) is 13.2 Å².